The van der Waals surface area contributed by atoms with Crippen LogP contribution in [0.3, 0.4) is 0 Å². The van der Waals surface area contributed by atoms with Crippen LogP contribution < -0.4 is 5.32 Å². The molecule has 4 aliphatic rings. The lowest BCUT2D eigenvalue weighted by Crippen LogP contribution is -2.58. The van der Waals surface area contributed by atoms with E-state index in [0.29, 0.717) is 0 Å². The molecule has 2 nitrogen and oxygen atoms in total. The molecular formula is C18H32N2. The lowest BCUT2D eigenvalue weighted by Gasteiger charge is -2.57. The van der Waals surface area contributed by atoms with Crippen molar-refractivity contribution in [3.8, 4) is 0 Å². The summed E-state index contributed by atoms with van der Waals surface area (Å²) in [6.07, 6.45) is 16.4. The van der Waals surface area contributed by atoms with Gasteiger partial charge < -0.3 is 5.32 Å². The maximum absolute atomic E-state index is 3.74. The topological polar surface area (TPSA) is 15.3 Å². The Bertz CT molecular complexity index is 320. The Labute approximate surface area is 124 Å². The second-order valence-corrected chi connectivity index (χ2v) is 8.05. The Balaban J connectivity index is 1.32. The smallest absolute Gasteiger partial charge is 0.0152 e. The van der Waals surface area contributed by atoms with Gasteiger partial charge in [-0.1, -0.05) is 19.3 Å². The molecule has 1 spiro atoms. The van der Waals surface area contributed by atoms with Gasteiger partial charge in [-0.25, -0.2) is 0 Å². The van der Waals surface area contributed by atoms with Crippen molar-refractivity contribution >= 4 is 0 Å². The van der Waals surface area contributed by atoms with Gasteiger partial charge in [-0.05, 0) is 82.3 Å². The maximum atomic E-state index is 3.74. The summed E-state index contributed by atoms with van der Waals surface area (Å²) in [5.41, 5.74) is 0.774. The van der Waals surface area contributed by atoms with Crippen molar-refractivity contribution in [1.29, 1.82) is 0 Å². The lowest BCUT2D eigenvalue weighted by atomic mass is 9.56. The van der Waals surface area contributed by atoms with E-state index in [2.05, 4.69) is 10.2 Å². The van der Waals surface area contributed by atoms with E-state index in [0.717, 1.165) is 23.4 Å². The van der Waals surface area contributed by atoms with Gasteiger partial charge in [-0.3, -0.25) is 4.90 Å². The molecule has 2 saturated carbocycles. The fraction of sp³-hybridized carbons (Fsp3) is 1.00. The molecule has 4 fully saturated rings. The third-order valence-corrected chi connectivity index (χ3v) is 7.15. The zero-order valence-corrected chi connectivity index (χ0v) is 13.1. The molecule has 2 aliphatic carbocycles. The van der Waals surface area contributed by atoms with Crippen molar-refractivity contribution in [2.45, 2.75) is 82.7 Å². The molecule has 0 amide bonds. The summed E-state index contributed by atoms with van der Waals surface area (Å²) in [5.74, 6) is 0.983. The summed E-state index contributed by atoms with van der Waals surface area (Å²) in [6, 6.07) is 1.84. The van der Waals surface area contributed by atoms with E-state index in [-0.39, 0.29) is 0 Å². The van der Waals surface area contributed by atoms with Crippen LogP contribution in [0.2, 0.25) is 0 Å². The molecule has 20 heavy (non-hydrogen) atoms. The Kier molecular flexibility index (Phi) is 3.80. The van der Waals surface area contributed by atoms with Crippen molar-refractivity contribution in [2.24, 2.45) is 11.3 Å². The Morgan fingerprint density at radius 3 is 2.20 bits per heavy atom. The van der Waals surface area contributed by atoms with Gasteiger partial charge in [0, 0.05) is 12.1 Å². The average Bonchev–Trinajstić information content (AvgIpc) is 3.02. The molecule has 2 atom stereocenters. The summed E-state index contributed by atoms with van der Waals surface area (Å²) in [6.45, 7) is 4.07. The van der Waals surface area contributed by atoms with Crippen molar-refractivity contribution < 1.29 is 0 Å². The van der Waals surface area contributed by atoms with Crippen LogP contribution in [0.25, 0.3) is 0 Å². The first-order valence-electron chi connectivity index (χ1n) is 9.35. The van der Waals surface area contributed by atoms with Crippen molar-refractivity contribution in [3.05, 3.63) is 0 Å². The van der Waals surface area contributed by atoms with Gasteiger partial charge in [-0.15, -0.1) is 0 Å². The third-order valence-electron chi connectivity index (χ3n) is 7.15. The number of hydrogen-bond acceptors (Lipinski definition) is 2. The molecule has 0 bridgehead atoms. The minimum absolute atomic E-state index is 0.774. The maximum Gasteiger partial charge on any atom is 0.0152 e. The van der Waals surface area contributed by atoms with Gasteiger partial charge in [0.2, 0.25) is 0 Å². The molecule has 4 rings (SSSR count). The first-order valence-corrected chi connectivity index (χ1v) is 9.35. The summed E-state index contributed by atoms with van der Waals surface area (Å²) in [5, 5.41) is 3.74. The molecule has 2 heteroatoms. The quantitative estimate of drug-likeness (QED) is 0.829. The average molecular weight is 276 g/mol. The molecule has 1 N–H and O–H groups in total. The zero-order valence-electron chi connectivity index (χ0n) is 13.1. The van der Waals surface area contributed by atoms with E-state index < -0.39 is 0 Å². The number of nitrogens with one attached hydrogen (secondary N) is 1. The van der Waals surface area contributed by atoms with Crippen LogP contribution in [0.15, 0.2) is 0 Å². The highest BCUT2D eigenvalue weighted by Crippen LogP contribution is 2.54. The van der Waals surface area contributed by atoms with Crippen LogP contribution in [0, 0.1) is 11.3 Å². The number of piperidine rings is 1. The Hall–Kier alpha value is -0.0800. The molecule has 0 radical (unpaired) electrons. The zero-order chi connectivity index (χ0) is 13.4. The van der Waals surface area contributed by atoms with Crippen LogP contribution in [-0.4, -0.2) is 36.6 Å². The van der Waals surface area contributed by atoms with Crippen molar-refractivity contribution in [2.75, 3.05) is 19.6 Å². The van der Waals surface area contributed by atoms with Gasteiger partial charge in [-0.2, -0.15) is 0 Å². The second kappa shape index (κ2) is 5.61. The minimum atomic E-state index is 0.774. The largest absolute Gasteiger partial charge is 0.314 e. The summed E-state index contributed by atoms with van der Waals surface area (Å²) < 4.78 is 0. The lowest BCUT2D eigenvalue weighted by molar-refractivity contribution is -0.0655. The number of hydrogen-bond donors (Lipinski definition) is 1. The van der Waals surface area contributed by atoms with E-state index in [9.17, 15) is 0 Å². The molecule has 2 saturated heterocycles. The van der Waals surface area contributed by atoms with E-state index in [1.54, 1.807) is 19.3 Å². The van der Waals surface area contributed by atoms with Crippen LogP contribution in [0.5, 0.6) is 0 Å². The molecule has 0 aromatic rings. The van der Waals surface area contributed by atoms with Gasteiger partial charge in [0.1, 0.15) is 0 Å². The van der Waals surface area contributed by atoms with Crippen LogP contribution in [0.1, 0.15) is 70.6 Å². The molecule has 114 valence electrons. The van der Waals surface area contributed by atoms with Gasteiger partial charge in [0.25, 0.3) is 0 Å². The highest BCUT2D eigenvalue weighted by atomic mass is 15.2. The van der Waals surface area contributed by atoms with Crippen LogP contribution in [0.4, 0.5) is 0 Å². The standard InChI is InChI=1S/C18H32N2/c1-2-9-18(10-3-1)11-6-17(18)20-13-7-15(8-14-20)16-5-4-12-19-16/h15-17,19H,1-14H2. The number of rotatable bonds is 2. The number of likely N-dealkylation sites (tertiary alicyclic amines) is 1. The van der Waals surface area contributed by atoms with E-state index in [1.807, 2.05) is 0 Å². The molecule has 2 unspecified atom stereocenters. The summed E-state index contributed by atoms with van der Waals surface area (Å²) in [7, 11) is 0. The molecule has 2 aliphatic heterocycles. The van der Waals surface area contributed by atoms with E-state index in [4.69, 9.17) is 0 Å². The molecule has 2 heterocycles. The van der Waals surface area contributed by atoms with Gasteiger partial charge >= 0.3 is 0 Å². The number of nitrogens with zero attached hydrogens (tertiary/aromatic N) is 1. The first-order chi connectivity index (χ1) is 9.87. The summed E-state index contributed by atoms with van der Waals surface area (Å²) in [4.78, 5) is 2.90. The minimum Gasteiger partial charge on any atom is -0.314 e. The molecular weight excluding hydrogens is 244 g/mol. The summed E-state index contributed by atoms with van der Waals surface area (Å²) >= 11 is 0. The van der Waals surface area contributed by atoms with Gasteiger partial charge in [0.15, 0.2) is 0 Å². The van der Waals surface area contributed by atoms with E-state index >= 15 is 0 Å². The van der Waals surface area contributed by atoms with Crippen LogP contribution >= 0.6 is 0 Å². The Morgan fingerprint density at radius 2 is 1.60 bits per heavy atom. The normalized spacial score (nSPS) is 39.0. The monoisotopic (exact) mass is 276 g/mol. The fourth-order valence-electron chi connectivity index (χ4n) is 5.84. The SMILES string of the molecule is C1CCC2(CC1)CCC2N1CCC(C2CCCN2)CC1. The molecule has 0 aromatic heterocycles. The highest BCUT2D eigenvalue weighted by molar-refractivity contribution is 5.03. The third kappa shape index (κ3) is 2.33. The fourth-order valence-corrected chi connectivity index (χ4v) is 5.84. The predicted molar refractivity (Wildman–Crippen MR) is 83.9 cm³/mol. The highest BCUT2D eigenvalue weighted by Gasteiger charge is 2.49. The molecule has 0 aromatic carbocycles. The second-order valence-electron chi connectivity index (χ2n) is 8.05. The predicted octanol–water partition coefficient (Wildman–Crippen LogP) is 3.56. The van der Waals surface area contributed by atoms with Crippen LogP contribution in [-0.2, 0) is 0 Å². The van der Waals surface area contributed by atoms with Crippen molar-refractivity contribution in [1.82, 2.24) is 10.2 Å². The van der Waals surface area contributed by atoms with Gasteiger partial charge in [0.05, 0.1) is 0 Å². The van der Waals surface area contributed by atoms with Crippen molar-refractivity contribution in [3.63, 3.8) is 0 Å². The first kappa shape index (κ1) is 13.6. The van der Waals surface area contributed by atoms with E-state index in [1.165, 1.54) is 71.0 Å². The Morgan fingerprint density at radius 1 is 0.800 bits per heavy atom.